The number of nitrogens with zero attached hydrogens (tertiary/aromatic N) is 3. The molecule has 8 nitrogen and oxygen atoms in total. The number of fused-ring (bicyclic) bond motifs is 1. The van der Waals surface area contributed by atoms with Crippen LogP contribution in [0.15, 0.2) is 30.5 Å². The Balaban J connectivity index is 1.95. The first-order valence-electron chi connectivity index (χ1n) is 9.74. The van der Waals surface area contributed by atoms with E-state index in [0.29, 0.717) is 23.7 Å². The average Bonchev–Trinajstić information content (AvgIpc) is 2.69. The number of amides is 1. The molecule has 6 N–H and O–H groups in total. The lowest BCUT2D eigenvalue weighted by Crippen LogP contribution is -2.31. The fourth-order valence-corrected chi connectivity index (χ4v) is 3.17. The van der Waals surface area contributed by atoms with Crippen molar-refractivity contribution in [2.24, 2.45) is 17.4 Å². The van der Waals surface area contributed by atoms with E-state index in [0.717, 1.165) is 23.7 Å². The maximum absolute atomic E-state index is 14.6. The number of hydrogen-bond acceptors (Lipinski definition) is 7. The number of nitrogens with two attached hydrogens (primary N) is 2. The van der Waals surface area contributed by atoms with E-state index in [4.69, 9.17) is 11.5 Å². The summed E-state index contributed by atoms with van der Waals surface area (Å²) < 4.78 is 14.6. The molecule has 2 aromatic heterocycles. The van der Waals surface area contributed by atoms with Crippen LogP contribution in [0.5, 0.6) is 0 Å². The lowest BCUT2D eigenvalue weighted by molar-refractivity contribution is 0.100. The molecule has 3 rings (SSSR count). The topological polar surface area (TPSA) is 132 Å². The quantitative estimate of drug-likeness (QED) is 0.448. The number of benzene rings is 1. The van der Waals surface area contributed by atoms with Crippen molar-refractivity contribution in [3.05, 3.63) is 47.5 Å². The molecular formula is C21H26FN7O. The molecule has 158 valence electrons. The van der Waals surface area contributed by atoms with Gasteiger partial charge in [-0.05, 0) is 43.5 Å². The third-order valence-electron chi connectivity index (χ3n) is 4.55. The molecule has 0 aliphatic heterocycles. The number of primary amides is 1. The Hall–Kier alpha value is -3.33. The highest BCUT2D eigenvalue weighted by Crippen LogP contribution is 2.26. The first-order valence-corrected chi connectivity index (χ1v) is 9.74. The molecule has 0 saturated heterocycles. The number of anilines is 3. The predicted molar refractivity (Wildman–Crippen MR) is 116 cm³/mol. The van der Waals surface area contributed by atoms with Gasteiger partial charge >= 0.3 is 0 Å². The highest BCUT2D eigenvalue weighted by atomic mass is 19.1. The van der Waals surface area contributed by atoms with E-state index in [-0.39, 0.29) is 23.2 Å². The van der Waals surface area contributed by atoms with Gasteiger partial charge in [0.1, 0.15) is 5.82 Å². The summed E-state index contributed by atoms with van der Waals surface area (Å²) in [5, 5.41) is 6.07. The van der Waals surface area contributed by atoms with Crippen LogP contribution in [-0.2, 0) is 0 Å². The molecule has 30 heavy (non-hydrogen) atoms. The van der Waals surface area contributed by atoms with Gasteiger partial charge in [-0.1, -0.05) is 13.8 Å². The lowest BCUT2D eigenvalue weighted by atomic mass is 10.0. The van der Waals surface area contributed by atoms with Gasteiger partial charge in [0.15, 0.2) is 11.6 Å². The Labute approximate surface area is 174 Å². The van der Waals surface area contributed by atoms with Crippen molar-refractivity contribution in [2.75, 3.05) is 17.2 Å². The van der Waals surface area contributed by atoms with Crippen molar-refractivity contribution in [1.29, 1.82) is 0 Å². The Bertz CT molecular complexity index is 1070. The average molecular weight is 411 g/mol. The van der Waals surface area contributed by atoms with Crippen molar-refractivity contribution in [1.82, 2.24) is 15.0 Å². The summed E-state index contributed by atoms with van der Waals surface area (Å²) in [7, 11) is 0. The molecule has 0 saturated carbocycles. The zero-order chi connectivity index (χ0) is 21.8. The molecule has 0 radical (unpaired) electrons. The number of carbonyl (C=O) groups is 1. The number of aromatic nitrogens is 3. The number of hydrogen-bond donors (Lipinski definition) is 4. The van der Waals surface area contributed by atoms with E-state index in [2.05, 4.69) is 39.4 Å². The summed E-state index contributed by atoms with van der Waals surface area (Å²) >= 11 is 0. The third-order valence-corrected chi connectivity index (χ3v) is 4.55. The van der Waals surface area contributed by atoms with Gasteiger partial charge in [0.25, 0.3) is 5.91 Å². The van der Waals surface area contributed by atoms with Gasteiger partial charge in [0.2, 0.25) is 0 Å². The highest BCUT2D eigenvalue weighted by Gasteiger charge is 2.19. The van der Waals surface area contributed by atoms with Crippen LogP contribution < -0.4 is 22.1 Å². The zero-order valence-corrected chi connectivity index (χ0v) is 17.2. The molecule has 1 atom stereocenters. The predicted octanol–water partition coefficient (Wildman–Crippen LogP) is 3.10. The first kappa shape index (κ1) is 21.4. The monoisotopic (exact) mass is 411 g/mol. The Morgan fingerprint density at radius 3 is 2.60 bits per heavy atom. The number of rotatable bonds is 8. The maximum Gasteiger partial charge on any atom is 0.252 e. The lowest BCUT2D eigenvalue weighted by Gasteiger charge is -2.21. The normalized spacial score (nSPS) is 12.2. The Morgan fingerprint density at radius 2 is 1.93 bits per heavy atom. The van der Waals surface area contributed by atoms with Crippen molar-refractivity contribution < 1.29 is 9.18 Å². The molecule has 0 aliphatic rings. The summed E-state index contributed by atoms with van der Waals surface area (Å²) in [6, 6.07) is 6.27. The van der Waals surface area contributed by atoms with Crippen LogP contribution in [0.3, 0.4) is 0 Å². The fourth-order valence-electron chi connectivity index (χ4n) is 3.17. The van der Waals surface area contributed by atoms with Crippen LogP contribution in [0, 0.1) is 18.7 Å². The number of halogens is 1. The third kappa shape index (κ3) is 4.98. The van der Waals surface area contributed by atoms with Crippen LogP contribution in [-0.4, -0.2) is 33.4 Å². The van der Waals surface area contributed by atoms with Crippen molar-refractivity contribution in [3.8, 4) is 0 Å². The molecule has 1 unspecified atom stereocenters. The molecule has 3 aromatic rings. The Kier molecular flexibility index (Phi) is 6.41. The Morgan fingerprint density at radius 1 is 1.17 bits per heavy atom. The largest absolute Gasteiger partial charge is 0.365 e. The van der Waals surface area contributed by atoms with Gasteiger partial charge in [-0.15, -0.1) is 0 Å². The first-order chi connectivity index (χ1) is 14.3. The smallest absolute Gasteiger partial charge is 0.252 e. The molecule has 1 aromatic carbocycles. The summed E-state index contributed by atoms with van der Waals surface area (Å²) in [4.78, 5) is 24.9. The van der Waals surface area contributed by atoms with Crippen molar-refractivity contribution in [3.63, 3.8) is 0 Å². The second-order valence-corrected chi connectivity index (χ2v) is 7.63. The van der Waals surface area contributed by atoms with Crippen LogP contribution in [0.2, 0.25) is 0 Å². The van der Waals surface area contributed by atoms with E-state index < -0.39 is 11.7 Å². The minimum atomic E-state index is -0.788. The maximum atomic E-state index is 14.6. The number of nitrogens with one attached hydrogen (secondary N) is 2. The van der Waals surface area contributed by atoms with Crippen LogP contribution in [0.1, 0.15) is 36.3 Å². The van der Waals surface area contributed by atoms with Crippen LogP contribution >= 0.6 is 0 Å². The number of aryl methyl sites for hydroxylation is 1. The minimum Gasteiger partial charge on any atom is -0.365 e. The van der Waals surface area contributed by atoms with Gasteiger partial charge in [0.05, 0.1) is 22.3 Å². The SMILES string of the molecule is Cc1cnc2cc(Nc3nc(NC(CN)CC(C)C)c(F)cc3C(N)=O)ccc2n1. The van der Waals surface area contributed by atoms with E-state index in [1.54, 1.807) is 24.4 Å². The minimum absolute atomic E-state index is 0.00908. The number of carbonyl (C=O) groups excluding carboxylic acids is 1. The van der Waals surface area contributed by atoms with E-state index >= 15 is 0 Å². The van der Waals surface area contributed by atoms with Crippen LogP contribution in [0.25, 0.3) is 11.0 Å². The second-order valence-electron chi connectivity index (χ2n) is 7.63. The molecule has 0 fully saturated rings. The molecule has 0 spiro atoms. The van der Waals surface area contributed by atoms with Crippen molar-refractivity contribution >= 4 is 34.3 Å². The van der Waals surface area contributed by atoms with E-state index in [9.17, 15) is 9.18 Å². The van der Waals surface area contributed by atoms with Gasteiger partial charge in [0, 0.05) is 24.5 Å². The zero-order valence-electron chi connectivity index (χ0n) is 17.2. The van der Waals surface area contributed by atoms with Gasteiger partial charge in [-0.2, -0.15) is 0 Å². The van der Waals surface area contributed by atoms with Gasteiger partial charge < -0.3 is 22.1 Å². The van der Waals surface area contributed by atoms with E-state index in [1.807, 2.05) is 6.92 Å². The summed E-state index contributed by atoms with van der Waals surface area (Å²) in [6.07, 6.45) is 2.42. The summed E-state index contributed by atoms with van der Waals surface area (Å²) in [5.41, 5.74) is 14.0. The molecule has 1 amide bonds. The second kappa shape index (κ2) is 9.00. The van der Waals surface area contributed by atoms with Crippen LogP contribution in [0.4, 0.5) is 21.7 Å². The standard InChI is InChI=1S/C21H26FN7O/c1-11(2)6-14(9-23)28-21-16(22)8-15(19(24)30)20(29-21)27-13-4-5-17-18(7-13)25-10-12(3)26-17/h4-5,7-8,10-11,14H,6,9,23H2,1-3H3,(H2,24,30)(H2,27,28,29). The van der Waals surface area contributed by atoms with Crippen molar-refractivity contribution in [2.45, 2.75) is 33.2 Å². The molecule has 9 heteroatoms. The summed E-state index contributed by atoms with van der Waals surface area (Å²) in [6.45, 7) is 6.30. The molecular weight excluding hydrogens is 385 g/mol. The number of pyridine rings is 1. The fraction of sp³-hybridized carbons (Fsp3) is 0.333. The van der Waals surface area contributed by atoms with E-state index in [1.165, 1.54) is 0 Å². The summed E-state index contributed by atoms with van der Waals surface area (Å²) in [5.74, 6) is -0.930. The van der Waals surface area contributed by atoms with Gasteiger partial charge in [-0.3, -0.25) is 9.78 Å². The molecule has 0 bridgehead atoms. The molecule has 2 heterocycles. The van der Waals surface area contributed by atoms with Gasteiger partial charge in [-0.25, -0.2) is 14.4 Å². The highest BCUT2D eigenvalue weighted by molar-refractivity contribution is 5.98. The molecule has 0 aliphatic carbocycles.